The van der Waals surface area contributed by atoms with Crippen LogP contribution < -0.4 is 10.2 Å². The lowest BCUT2D eigenvalue weighted by molar-refractivity contribution is -0.120. The number of likely N-dealkylation sites (tertiary alicyclic amines) is 1. The van der Waals surface area contributed by atoms with E-state index < -0.39 is 0 Å². The average Bonchev–Trinajstić information content (AvgIpc) is 3.13. The van der Waals surface area contributed by atoms with Crippen LogP contribution in [-0.4, -0.2) is 53.0 Å². The molecule has 31 heavy (non-hydrogen) atoms. The Hall–Kier alpha value is -2.51. The lowest BCUT2D eigenvalue weighted by atomic mass is 10.1. The van der Waals surface area contributed by atoms with Gasteiger partial charge < -0.3 is 10.2 Å². The van der Waals surface area contributed by atoms with Gasteiger partial charge in [0, 0.05) is 36.5 Å². The van der Waals surface area contributed by atoms with Crippen molar-refractivity contribution in [1.82, 2.24) is 20.2 Å². The van der Waals surface area contributed by atoms with E-state index in [1.54, 1.807) is 11.3 Å². The topological polar surface area (TPSA) is 61.4 Å². The highest BCUT2D eigenvalue weighted by atomic mass is 32.1. The van der Waals surface area contributed by atoms with Crippen molar-refractivity contribution in [3.05, 3.63) is 41.5 Å². The predicted octanol–water partition coefficient (Wildman–Crippen LogP) is 4.06. The summed E-state index contributed by atoms with van der Waals surface area (Å²) in [5, 5.41) is 6.33. The van der Waals surface area contributed by atoms with Gasteiger partial charge in [0.25, 0.3) is 0 Å². The Morgan fingerprint density at radius 1 is 1.10 bits per heavy atom. The fourth-order valence-corrected chi connectivity index (χ4v) is 5.65. The van der Waals surface area contributed by atoms with Crippen molar-refractivity contribution < 1.29 is 4.79 Å². The number of carbonyl (C=O) groups is 1. The average molecular weight is 436 g/mol. The molecule has 1 atom stereocenters. The smallest absolute Gasteiger partial charge is 0.222 e. The van der Waals surface area contributed by atoms with E-state index in [0.29, 0.717) is 13.0 Å². The van der Waals surface area contributed by atoms with Crippen LogP contribution in [0.5, 0.6) is 0 Å². The van der Waals surface area contributed by atoms with Gasteiger partial charge in [0.15, 0.2) is 0 Å². The van der Waals surface area contributed by atoms with Gasteiger partial charge >= 0.3 is 0 Å². The van der Waals surface area contributed by atoms with Crippen LogP contribution >= 0.6 is 11.3 Å². The number of benzene rings is 1. The summed E-state index contributed by atoms with van der Waals surface area (Å²) in [7, 11) is 0. The van der Waals surface area contributed by atoms with Crippen LogP contribution in [0.3, 0.4) is 0 Å². The number of carbonyl (C=O) groups excluding carboxylic acids is 1. The molecule has 0 saturated carbocycles. The molecule has 2 aliphatic heterocycles. The number of nitrogens with one attached hydrogen (secondary N) is 1. The molecule has 5 rings (SSSR count). The zero-order valence-corrected chi connectivity index (χ0v) is 18.8. The second kappa shape index (κ2) is 8.93. The molecule has 3 aromatic rings. The van der Waals surface area contributed by atoms with Gasteiger partial charge in [0.1, 0.15) is 16.5 Å². The Morgan fingerprint density at radius 3 is 2.71 bits per heavy atom. The zero-order valence-electron chi connectivity index (χ0n) is 18.0. The summed E-state index contributed by atoms with van der Waals surface area (Å²) in [6.07, 6.45) is 4.31. The number of piperidine rings is 1. The van der Waals surface area contributed by atoms with E-state index in [-0.39, 0.29) is 11.9 Å². The van der Waals surface area contributed by atoms with E-state index in [2.05, 4.69) is 51.7 Å². The third kappa shape index (κ3) is 4.29. The fourth-order valence-electron chi connectivity index (χ4n) is 4.69. The summed E-state index contributed by atoms with van der Waals surface area (Å²) in [4.78, 5) is 28.1. The van der Waals surface area contributed by atoms with Crippen molar-refractivity contribution >= 4 is 33.3 Å². The first-order valence-electron chi connectivity index (χ1n) is 11.3. The van der Waals surface area contributed by atoms with Gasteiger partial charge in [-0.15, -0.1) is 11.3 Å². The van der Waals surface area contributed by atoms with E-state index in [0.717, 1.165) is 48.0 Å². The van der Waals surface area contributed by atoms with E-state index >= 15 is 0 Å². The molecule has 2 saturated heterocycles. The number of thiophene rings is 1. The summed E-state index contributed by atoms with van der Waals surface area (Å²) < 4.78 is 0. The molecular formula is C24H29N5OS. The Labute approximate surface area is 187 Å². The van der Waals surface area contributed by atoms with E-state index in [9.17, 15) is 4.79 Å². The van der Waals surface area contributed by atoms with Crippen molar-refractivity contribution in [3.8, 4) is 11.1 Å². The van der Waals surface area contributed by atoms with Gasteiger partial charge in [-0.05, 0) is 38.4 Å². The first kappa shape index (κ1) is 20.4. The van der Waals surface area contributed by atoms with Crippen LogP contribution in [0.15, 0.2) is 35.7 Å². The Bertz CT molecular complexity index is 1060. The molecule has 1 unspecified atom stereocenters. The largest absolute Gasteiger partial charge is 0.354 e. The van der Waals surface area contributed by atoms with Crippen LogP contribution in [0.4, 0.5) is 5.82 Å². The Kier molecular flexibility index (Phi) is 5.87. The van der Waals surface area contributed by atoms with Gasteiger partial charge in [-0.2, -0.15) is 0 Å². The number of anilines is 1. The number of amides is 1. The summed E-state index contributed by atoms with van der Waals surface area (Å²) in [6.45, 7) is 6.55. The van der Waals surface area contributed by atoms with Crippen LogP contribution in [0.1, 0.15) is 38.4 Å². The lowest BCUT2D eigenvalue weighted by Gasteiger charge is -2.30. The SMILES string of the molecule is CC1CC(=O)NCCN1c1nc(CN2CCCCC2)nc2scc(-c3ccccc3)c12. The minimum atomic E-state index is 0.0898. The van der Waals surface area contributed by atoms with E-state index in [1.807, 2.05) is 6.07 Å². The second-order valence-electron chi connectivity index (χ2n) is 8.59. The Morgan fingerprint density at radius 2 is 1.90 bits per heavy atom. The molecule has 0 bridgehead atoms. The maximum Gasteiger partial charge on any atom is 0.222 e. The third-order valence-corrected chi connectivity index (χ3v) is 7.19. The van der Waals surface area contributed by atoms with Crippen LogP contribution in [0.25, 0.3) is 21.3 Å². The lowest BCUT2D eigenvalue weighted by Crippen LogP contribution is -2.36. The van der Waals surface area contributed by atoms with Crippen molar-refractivity contribution in [3.63, 3.8) is 0 Å². The van der Waals surface area contributed by atoms with E-state index in [4.69, 9.17) is 9.97 Å². The quantitative estimate of drug-likeness (QED) is 0.670. The highest BCUT2D eigenvalue weighted by Crippen LogP contribution is 2.39. The molecule has 0 spiro atoms. The highest BCUT2D eigenvalue weighted by Gasteiger charge is 2.27. The molecule has 162 valence electrons. The maximum absolute atomic E-state index is 12.1. The van der Waals surface area contributed by atoms with Gasteiger partial charge in [0.2, 0.25) is 5.91 Å². The molecule has 1 amide bonds. The number of aromatic nitrogens is 2. The van der Waals surface area contributed by atoms with Crippen molar-refractivity contribution in [2.24, 2.45) is 0 Å². The molecule has 7 heteroatoms. The van der Waals surface area contributed by atoms with Crippen molar-refractivity contribution in [2.45, 2.75) is 45.2 Å². The monoisotopic (exact) mass is 435 g/mol. The first-order chi connectivity index (χ1) is 15.2. The molecule has 0 radical (unpaired) electrons. The molecule has 0 aliphatic carbocycles. The highest BCUT2D eigenvalue weighted by molar-refractivity contribution is 7.17. The van der Waals surface area contributed by atoms with Crippen LogP contribution in [0, 0.1) is 0 Å². The molecule has 1 aromatic carbocycles. The molecule has 2 fully saturated rings. The number of hydrogen-bond acceptors (Lipinski definition) is 6. The molecule has 4 heterocycles. The minimum absolute atomic E-state index is 0.0898. The number of rotatable bonds is 4. The van der Waals surface area contributed by atoms with Gasteiger partial charge in [-0.25, -0.2) is 9.97 Å². The summed E-state index contributed by atoms with van der Waals surface area (Å²) in [5.41, 5.74) is 2.36. The zero-order chi connectivity index (χ0) is 21.2. The molecule has 6 nitrogen and oxygen atoms in total. The number of nitrogens with zero attached hydrogens (tertiary/aromatic N) is 4. The van der Waals surface area contributed by atoms with E-state index in [1.165, 1.54) is 30.4 Å². The standard InChI is InChI=1S/C24H29N5OS/c1-17-14-21(30)25-10-13-29(17)23-22-19(18-8-4-2-5-9-18)16-31-24(22)27-20(26-23)15-28-11-6-3-7-12-28/h2,4-5,8-9,16-17H,3,6-7,10-15H2,1H3,(H,25,30). The number of fused-ring (bicyclic) bond motifs is 1. The van der Waals surface area contributed by atoms with Crippen molar-refractivity contribution in [2.75, 3.05) is 31.1 Å². The molecule has 2 aliphatic rings. The third-order valence-electron chi connectivity index (χ3n) is 6.32. The predicted molar refractivity (Wildman–Crippen MR) is 126 cm³/mol. The van der Waals surface area contributed by atoms with Crippen LogP contribution in [0.2, 0.25) is 0 Å². The normalized spacial score (nSPS) is 20.6. The second-order valence-corrected chi connectivity index (χ2v) is 9.45. The fraction of sp³-hybridized carbons (Fsp3) is 0.458. The molecule has 1 N–H and O–H groups in total. The summed E-state index contributed by atoms with van der Waals surface area (Å²) in [6, 6.07) is 10.6. The van der Waals surface area contributed by atoms with Crippen molar-refractivity contribution in [1.29, 1.82) is 0 Å². The summed E-state index contributed by atoms with van der Waals surface area (Å²) >= 11 is 1.69. The van der Waals surface area contributed by atoms with Crippen LogP contribution in [-0.2, 0) is 11.3 Å². The van der Waals surface area contributed by atoms with Gasteiger partial charge in [-0.3, -0.25) is 9.69 Å². The molecule has 2 aromatic heterocycles. The maximum atomic E-state index is 12.1. The molecular weight excluding hydrogens is 406 g/mol. The van der Waals surface area contributed by atoms with Gasteiger partial charge in [-0.1, -0.05) is 36.8 Å². The Balaban J connectivity index is 1.61. The minimum Gasteiger partial charge on any atom is -0.354 e. The summed E-state index contributed by atoms with van der Waals surface area (Å²) in [5.74, 6) is 1.98. The number of hydrogen-bond donors (Lipinski definition) is 1. The van der Waals surface area contributed by atoms with Gasteiger partial charge in [0.05, 0.1) is 11.9 Å². The first-order valence-corrected chi connectivity index (χ1v) is 12.2.